The molecule has 1 aliphatic rings. The van der Waals surface area contributed by atoms with Gasteiger partial charge in [-0.25, -0.2) is 8.42 Å². The Morgan fingerprint density at radius 1 is 1.36 bits per heavy atom. The lowest BCUT2D eigenvalue weighted by Crippen LogP contribution is -2.35. The second-order valence-electron chi connectivity index (χ2n) is 6.24. The van der Waals surface area contributed by atoms with E-state index < -0.39 is 14.9 Å². The Labute approximate surface area is 130 Å². The van der Waals surface area contributed by atoms with Gasteiger partial charge in [0.15, 0.2) is 4.90 Å². The van der Waals surface area contributed by atoms with Gasteiger partial charge in [-0.1, -0.05) is 19.1 Å². The van der Waals surface area contributed by atoms with Crippen molar-refractivity contribution in [1.82, 2.24) is 4.31 Å². The zero-order chi connectivity index (χ0) is 16.7. The molecule has 0 aromatic heterocycles. The largest absolute Gasteiger partial charge is 0.330 e. The number of nitrogens with two attached hydrogens (primary N) is 1. The minimum atomic E-state index is -3.91. The van der Waals surface area contributed by atoms with Gasteiger partial charge in [0.2, 0.25) is 10.0 Å². The number of nitrogens with zero attached hydrogens (tertiary/aromatic N) is 2. The first-order valence-corrected chi connectivity index (χ1v) is 8.51. The molecular weight excluding hydrogens is 306 g/mol. The highest BCUT2D eigenvalue weighted by Crippen LogP contribution is 2.37. The van der Waals surface area contributed by atoms with Crippen molar-refractivity contribution in [2.24, 2.45) is 11.1 Å². The number of benzene rings is 1. The van der Waals surface area contributed by atoms with Crippen molar-refractivity contribution < 1.29 is 13.3 Å². The summed E-state index contributed by atoms with van der Waals surface area (Å²) < 4.78 is 27.1. The van der Waals surface area contributed by atoms with Crippen LogP contribution in [0.3, 0.4) is 0 Å². The summed E-state index contributed by atoms with van der Waals surface area (Å²) in [6.07, 6.45) is 0.654. The number of hydrogen-bond acceptors (Lipinski definition) is 5. The van der Waals surface area contributed by atoms with Gasteiger partial charge in [-0.3, -0.25) is 10.1 Å². The van der Waals surface area contributed by atoms with Crippen LogP contribution >= 0.6 is 0 Å². The third-order valence-electron chi connectivity index (χ3n) is 4.33. The SMILES string of the molecule is Cc1ccc(C)c(S(=O)(=O)N2CCC(C)(CN)C2)c1[N+](=O)[O-]. The maximum Gasteiger partial charge on any atom is 0.292 e. The molecule has 1 saturated heterocycles. The number of rotatable bonds is 4. The maximum atomic E-state index is 12.9. The monoisotopic (exact) mass is 327 g/mol. The number of hydrogen-bond donors (Lipinski definition) is 1. The van der Waals surface area contributed by atoms with E-state index in [1.165, 1.54) is 4.31 Å². The molecule has 1 aliphatic heterocycles. The van der Waals surface area contributed by atoms with Gasteiger partial charge in [-0.05, 0) is 37.8 Å². The second kappa shape index (κ2) is 5.60. The molecule has 0 aliphatic carbocycles. The summed E-state index contributed by atoms with van der Waals surface area (Å²) in [5.41, 5.74) is 5.83. The van der Waals surface area contributed by atoms with Crippen LogP contribution in [0.15, 0.2) is 17.0 Å². The quantitative estimate of drug-likeness (QED) is 0.667. The van der Waals surface area contributed by atoms with Crippen molar-refractivity contribution in [3.8, 4) is 0 Å². The van der Waals surface area contributed by atoms with Crippen molar-refractivity contribution in [3.63, 3.8) is 0 Å². The van der Waals surface area contributed by atoms with Gasteiger partial charge < -0.3 is 5.73 Å². The Morgan fingerprint density at radius 2 is 1.95 bits per heavy atom. The molecule has 2 rings (SSSR count). The molecule has 1 atom stereocenters. The summed E-state index contributed by atoms with van der Waals surface area (Å²) in [5.74, 6) is 0. The van der Waals surface area contributed by atoms with E-state index in [1.807, 2.05) is 6.92 Å². The first-order valence-electron chi connectivity index (χ1n) is 7.07. The third-order valence-corrected chi connectivity index (χ3v) is 6.35. The molecule has 8 heteroatoms. The molecule has 0 spiro atoms. The van der Waals surface area contributed by atoms with E-state index in [0.717, 1.165) is 0 Å². The molecule has 2 N–H and O–H groups in total. The van der Waals surface area contributed by atoms with Gasteiger partial charge in [0.1, 0.15) is 0 Å². The first-order chi connectivity index (χ1) is 10.1. The van der Waals surface area contributed by atoms with Crippen LogP contribution in [-0.2, 0) is 10.0 Å². The summed E-state index contributed by atoms with van der Waals surface area (Å²) in [7, 11) is -3.91. The Balaban J connectivity index is 2.56. The Hall–Kier alpha value is -1.51. The molecule has 0 amide bonds. The summed E-state index contributed by atoms with van der Waals surface area (Å²) in [5, 5.41) is 11.3. The standard InChI is InChI=1S/C14H21N3O4S/c1-10-4-5-11(2)13(12(10)17(18)19)22(20,21)16-7-6-14(3,8-15)9-16/h4-5H,6-9,15H2,1-3H3. The molecule has 1 aromatic rings. The van der Waals surface area contributed by atoms with Crippen LogP contribution in [0.2, 0.25) is 0 Å². The molecule has 1 aromatic carbocycles. The molecule has 1 unspecified atom stereocenters. The zero-order valence-electron chi connectivity index (χ0n) is 13.0. The van der Waals surface area contributed by atoms with E-state index in [0.29, 0.717) is 30.6 Å². The molecule has 1 fully saturated rings. The number of nitro benzene ring substituents is 1. The third kappa shape index (κ3) is 2.73. The van der Waals surface area contributed by atoms with Crippen molar-refractivity contribution in [2.45, 2.75) is 32.1 Å². The van der Waals surface area contributed by atoms with Gasteiger partial charge in [0.25, 0.3) is 5.69 Å². The second-order valence-corrected chi connectivity index (χ2v) is 8.11. The van der Waals surface area contributed by atoms with Crippen molar-refractivity contribution in [1.29, 1.82) is 0 Å². The van der Waals surface area contributed by atoms with Crippen molar-refractivity contribution in [3.05, 3.63) is 33.4 Å². The normalized spacial score (nSPS) is 22.9. The van der Waals surface area contributed by atoms with E-state index in [4.69, 9.17) is 5.73 Å². The van der Waals surface area contributed by atoms with Crippen molar-refractivity contribution in [2.75, 3.05) is 19.6 Å². The van der Waals surface area contributed by atoms with Gasteiger partial charge in [0.05, 0.1) is 4.92 Å². The molecular formula is C14H21N3O4S. The lowest BCUT2D eigenvalue weighted by atomic mass is 9.90. The van der Waals surface area contributed by atoms with Gasteiger partial charge in [-0.15, -0.1) is 0 Å². The van der Waals surface area contributed by atoms with Crippen LogP contribution in [-0.4, -0.2) is 37.3 Å². The Kier molecular flexibility index (Phi) is 4.29. The lowest BCUT2D eigenvalue weighted by molar-refractivity contribution is -0.388. The van der Waals surface area contributed by atoms with E-state index in [-0.39, 0.29) is 22.5 Å². The topological polar surface area (TPSA) is 107 Å². The fourth-order valence-electron chi connectivity index (χ4n) is 2.80. The fraction of sp³-hybridized carbons (Fsp3) is 0.571. The van der Waals surface area contributed by atoms with Gasteiger partial charge in [0, 0.05) is 18.7 Å². The van der Waals surface area contributed by atoms with E-state index >= 15 is 0 Å². The highest BCUT2D eigenvalue weighted by molar-refractivity contribution is 7.89. The number of aryl methyl sites for hydroxylation is 2. The molecule has 0 radical (unpaired) electrons. The summed E-state index contributed by atoms with van der Waals surface area (Å²) in [4.78, 5) is 10.5. The van der Waals surface area contributed by atoms with Crippen LogP contribution in [0.25, 0.3) is 0 Å². The molecule has 7 nitrogen and oxygen atoms in total. The average Bonchev–Trinajstić information content (AvgIpc) is 2.84. The van der Waals surface area contributed by atoms with E-state index in [1.54, 1.807) is 26.0 Å². The molecule has 0 bridgehead atoms. The van der Waals surface area contributed by atoms with E-state index in [9.17, 15) is 18.5 Å². The predicted octanol–water partition coefficient (Wildman–Crippen LogP) is 1.57. The minimum Gasteiger partial charge on any atom is -0.330 e. The lowest BCUT2D eigenvalue weighted by Gasteiger charge is -2.23. The highest BCUT2D eigenvalue weighted by Gasteiger charge is 2.42. The van der Waals surface area contributed by atoms with Crippen LogP contribution in [0.4, 0.5) is 5.69 Å². The molecule has 22 heavy (non-hydrogen) atoms. The van der Waals surface area contributed by atoms with Crippen LogP contribution in [0.1, 0.15) is 24.5 Å². The Bertz CT molecular complexity index is 717. The molecule has 0 saturated carbocycles. The smallest absolute Gasteiger partial charge is 0.292 e. The molecule has 1 heterocycles. The Morgan fingerprint density at radius 3 is 2.45 bits per heavy atom. The number of nitro groups is 1. The highest BCUT2D eigenvalue weighted by atomic mass is 32.2. The summed E-state index contributed by atoms with van der Waals surface area (Å²) >= 11 is 0. The van der Waals surface area contributed by atoms with Gasteiger partial charge >= 0.3 is 0 Å². The minimum absolute atomic E-state index is 0.196. The predicted molar refractivity (Wildman–Crippen MR) is 83.1 cm³/mol. The zero-order valence-corrected chi connectivity index (χ0v) is 13.8. The van der Waals surface area contributed by atoms with Crippen LogP contribution in [0, 0.1) is 29.4 Å². The van der Waals surface area contributed by atoms with Gasteiger partial charge in [-0.2, -0.15) is 4.31 Å². The van der Waals surface area contributed by atoms with Crippen molar-refractivity contribution >= 4 is 15.7 Å². The fourth-order valence-corrected chi connectivity index (χ4v) is 4.83. The summed E-state index contributed by atoms with van der Waals surface area (Å²) in [6, 6.07) is 3.17. The molecule has 122 valence electrons. The van der Waals surface area contributed by atoms with Crippen LogP contribution < -0.4 is 5.73 Å². The average molecular weight is 327 g/mol. The van der Waals surface area contributed by atoms with E-state index in [2.05, 4.69) is 0 Å². The van der Waals surface area contributed by atoms with Crippen LogP contribution in [0.5, 0.6) is 0 Å². The summed E-state index contributed by atoms with van der Waals surface area (Å²) in [6.45, 7) is 6.06. The first kappa shape index (κ1) is 16.9. The maximum absolute atomic E-state index is 12.9. The number of sulfonamides is 1.